The van der Waals surface area contributed by atoms with Crippen molar-refractivity contribution < 1.29 is 14.4 Å². The molecule has 1 unspecified atom stereocenters. The number of ether oxygens (including phenoxy) is 1. The standard InChI is InChI=1S/C27H36N2O2/c1-18-7-5-9-21(13-18)29-12-11-28(16-20(29)3)17-23-22-14-24-19(2)8-6-10-27(24,4)15-25(22)31-26(23)30/h5,7-9,13-14,20,22-23,25H,6,10-12,15-17H2,1-4H3/p+1/t20-,22+,23+,25+,27+/m0/s1. The maximum atomic E-state index is 12.9. The molecule has 4 heteroatoms. The average molecular weight is 422 g/mol. The molecule has 2 aliphatic heterocycles. The van der Waals surface area contributed by atoms with Gasteiger partial charge in [-0.1, -0.05) is 36.8 Å². The molecule has 31 heavy (non-hydrogen) atoms. The van der Waals surface area contributed by atoms with Gasteiger partial charge in [-0.2, -0.15) is 0 Å². The molecule has 4 aliphatic rings. The maximum Gasteiger partial charge on any atom is 0.315 e. The molecule has 166 valence electrons. The zero-order valence-corrected chi connectivity index (χ0v) is 19.5. The molecule has 0 saturated carbocycles. The molecule has 0 amide bonds. The van der Waals surface area contributed by atoms with Gasteiger partial charge in [0.2, 0.25) is 0 Å². The van der Waals surface area contributed by atoms with Crippen LogP contribution in [0.4, 0.5) is 5.69 Å². The monoisotopic (exact) mass is 421 g/mol. The Labute approximate surface area is 186 Å². The number of quaternary nitrogens is 1. The molecule has 1 aromatic carbocycles. The Morgan fingerprint density at radius 3 is 2.90 bits per heavy atom. The van der Waals surface area contributed by atoms with Crippen molar-refractivity contribution in [3.8, 4) is 0 Å². The lowest BCUT2D eigenvalue weighted by Crippen LogP contribution is -3.16. The highest BCUT2D eigenvalue weighted by Gasteiger charge is 2.52. The van der Waals surface area contributed by atoms with Crippen LogP contribution in [0.5, 0.6) is 0 Å². The second kappa shape index (κ2) is 7.81. The van der Waals surface area contributed by atoms with Crippen molar-refractivity contribution >= 4 is 11.7 Å². The van der Waals surface area contributed by atoms with E-state index in [1.165, 1.54) is 28.8 Å². The first-order valence-electron chi connectivity index (χ1n) is 12.1. The number of benzene rings is 1. The number of carbonyl (C=O) groups is 1. The molecule has 2 heterocycles. The third-order valence-corrected chi connectivity index (χ3v) is 8.36. The summed E-state index contributed by atoms with van der Waals surface area (Å²) in [5.74, 6) is 0.288. The fraction of sp³-hybridized carbons (Fsp3) is 0.593. The van der Waals surface area contributed by atoms with Crippen molar-refractivity contribution in [1.29, 1.82) is 0 Å². The average Bonchev–Trinajstić information content (AvgIpc) is 3.00. The van der Waals surface area contributed by atoms with Crippen LogP contribution in [0.1, 0.15) is 45.6 Å². The Morgan fingerprint density at radius 1 is 1.29 bits per heavy atom. The van der Waals surface area contributed by atoms with E-state index in [9.17, 15) is 4.79 Å². The first kappa shape index (κ1) is 20.8. The molecule has 1 aromatic rings. The van der Waals surface area contributed by atoms with E-state index in [4.69, 9.17) is 4.74 Å². The quantitative estimate of drug-likeness (QED) is 0.761. The van der Waals surface area contributed by atoms with Gasteiger partial charge in [0.25, 0.3) is 0 Å². The number of hydrogen-bond acceptors (Lipinski definition) is 3. The van der Waals surface area contributed by atoms with E-state index in [-0.39, 0.29) is 29.3 Å². The molecule has 0 aromatic heterocycles. The summed E-state index contributed by atoms with van der Waals surface area (Å²) in [6.45, 7) is 13.2. The number of allylic oxidation sites excluding steroid dienone is 3. The molecular formula is C27H37N2O2+. The number of carbonyl (C=O) groups excluding carboxylic acids is 1. The lowest BCUT2D eigenvalue weighted by molar-refractivity contribution is -0.905. The van der Waals surface area contributed by atoms with E-state index in [1.54, 1.807) is 4.90 Å². The van der Waals surface area contributed by atoms with Crippen molar-refractivity contribution in [2.24, 2.45) is 17.3 Å². The van der Waals surface area contributed by atoms with Gasteiger partial charge in [0, 0.05) is 11.6 Å². The van der Waals surface area contributed by atoms with Gasteiger partial charge in [-0.25, -0.2) is 0 Å². The van der Waals surface area contributed by atoms with E-state index in [1.807, 2.05) is 0 Å². The fourth-order valence-electron chi connectivity index (χ4n) is 6.68. The Bertz CT molecular complexity index is 935. The summed E-state index contributed by atoms with van der Waals surface area (Å²) >= 11 is 0. The van der Waals surface area contributed by atoms with E-state index in [2.05, 4.69) is 69.0 Å². The molecule has 2 fully saturated rings. The molecule has 1 N–H and O–H groups in total. The molecule has 0 spiro atoms. The fourth-order valence-corrected chi connectivity index (χ4v) is 6.68. The highest BCUT2D eigenvalue weighted by atomic mass is 16.6. The zero-order chi connectivity index (χ0) is 21.8. The van der Waals surface area contributed by atoms with E-state index < -0.39 is 0 Å². The van der Waals surface area contributed by atoms with Crippen molar-refractivity contribution in [3.05, 3.63) is 53.1 Å². The van der Waals surface area contributed by atoms with Gasteiger partial charge < -0.3 is 14.5 Å². The number of aryl methyl sites for hydroxylation is 1. The van der Waals surface area contributed by atoms with E-state index >= 15 is 0 Å². The van der Waals surface area contributed by atoms with Crippen LogP contribution in [-0.2, 0) is 9.53 Å². The van der Waals surface area contributed by atoms with Gasteiger partial charge in [-0.3, -0.25) is 4.79 Å². The number of rotatable bonds is 3. The molecular weight excluding hydrogens is 384 g/mol. The molecule has 2 saturated heterocycles. The molecule has 0 radical (unpaired) electrons. The number of hydrogen-bond donors (Lipinski definition) is 1. The molecule has 5 rings (SSSR count). The minimum Gasteiger partial charge on any atom is -0.461 e. The van der Waals surface area contributed by atoms with Gasteiger partial charge in [0.05, 0.1) is 32.2 Å². The van der Waals surface area contributed by atoms with Gasteiger partial charge in [0.1, 0.15) is 12.0 Å². The summed E-state index contributed by atoms with van der Waals surface area (Å²) in [4.78, 5) is 17.0. The number of piperazine rings is 1. The Kier molecular flexibility index (Phi) is 5.24. The van der Waals surface area contributed by atoms with Crippen molar-refractivity contribution in [2.75, 3.05) is 31.1 Å². The second-order valence-electron chi connectivity index (χ2n) is 10.7. The van der Waals surface area contributed by atoms with Crippen molar-refractivity contribution in [3.63, 3.8) is 0 Å². The topological polar surface area (TPSA) is 34.0 Å². The Balaban J connectivity index is 1.30. The van der Waals surface area contributed by atoms with Crippen molar-refractivity contribution in [2.45, 2.75) is 59.1 Å². The molecule has 4 nitrogen and oxygen atoms in total. The molecule has 0 bridgehead atoms. The highest BCUT2D eigenvalue weighted by Crippen LogP contribution is 2.52. The van der Waals surface area contributed by atoms with Gasteiger partial charge in [-0.15, -0.1) is 0 Å². The minimum atomic E-state index is 0.00416. The normalized spacial score (nSPS) is 37.5. The zero-order valence-electron chi connectivity index (χ0n) is 19.5. The van der Waals surface area contributed by atoms with Crippen LogP contribution in [0, 0.1) is 24.2 Å². The SMILES string of the molecule is CC1=CCC[C@]2(C)C[C@H]3OC(=O)[C@H](C[NH+]4CCN(c5cccc(C)c5)[C@@H](C)C4)[C@H]3C=C12. The van der Waals surface area contributed by atoms with Crippen LogP contribution in [0.3, 0.4) is 0 Å². The highest BCUT2D eigenvalue weighted by molar-refractivity contribution is 5.76. The molecule has 2 aliphatic carbocycles. The second-order valence-corrected chi connectivity index (χ2v) is 10.7. The summed E-state index contributed by atoms with van der Waals surface area (Å²) in [7, 11) is 0. The largest absolute Gasteiger partial charge is 0.461 e. The van der Waals surface area contributed by atoms with Gasteiger partial charge in [-0.05, 0) is 68.7 Å². The Morgan fingerprint density at radius 2 is 2.13 bits per heavy atom. The summed E-state index contributed by atoms with van der Waals surface area (Å²) < 4.78 is 5.97. The van der Waals surface area contributed by atoms with Crippen LogP contribution in [0.25, 0.3) is 0 Å². The smallest absolute Gasteiger partial charge is 0.315 e. The van der Waals surface area contributed by atoms with Gasteiger partial charge in [0.15, 0.2) is 0 Å². The van der Waals surface area contributed by atoms with Crippen molar-refractivity contribution in [1.82, 2.24) is 0 Å². The summed E-state index contributed by atoms with van der Waals surface area (Å²) in [6.07, 6.45) is 8.18. The molecule has 6 atom stereocenters. The lowest BCUT2D eigenvalue weighted by Gasteiger charge is -2.43. The summed E-state index contributed by atoms with van der Waals surface area (Å²) in [6, 6.07) is 9.28. The number of nitrogens with one attached hydrogen (secondary N) is 1. The van der Waals surface area contributed by atoms with E-state index in [0.717, 1.165) is 39.0 Å². The number of anilines is 1. The predicted octanol–water partition coefficient (Wildman–Crippen LogP) is 3.32. The minimum absolute atomic E-state index is 0.00416. The van der Waals surface area contributed by atoms with Crippen LogP contribution in [0.15, 0.2) is 47.6 Å². The van der Waals surface area contributed by atoms with E-state index in [0.29, 0.717) is 6.04 Å². The number of fused-ring (bicyclic) bond motifs is 2. The lowest BCUT2D eigenvalue weighted by atomic mass is 9.62. The first-order valence-corrected chi connectivity index (χ1v) is 12.1. The number of esters is 1. The van der Waals surface area contributed by atoms with Crippen LogP contribution < -0.4 is 9.80 Å². The third kappa shape index (κ3) is 3.73. The maximum absolute atomic E-state index is 12.9. The van der Waals surface area contributed by atoms with Crippen LogP contribution >= 0.6 is 0 Å². The van der Waals surface area contributed by atoms with Gasteiger partial charge >= 0.3 is 5.97 Å². The Hall–Kier alpha value is -2.07. The third-order valence-electron chi connectivity index (χ3n) is 8.36. The predicted molar refractivity (Wildman–Crippen MR) is 124 cm³/mol. The van der Waals surface area contributed by atoms with Crippen LogP contribution in [-0.4, -0.2) is 44.3 Å². The summed E-state index contributed by atoms with van der Waals surface area (Å²) in [5, 5.41) is 0. The summed E-state index contributed by atoms with van der Waals surface area (Å²) in [5.41, 5.74) is 5.70. The first-order chi connectivity index (χ1) is 14.8. The van der Waals surface area contributed by atoms with Crippen LogP contribution in [0.2, 0.25) is 0 Å². The number of nitrogens with zero attached hydrogens (tertiary/aromatic N) is 1.